The Morgan fingerprint density at radius 3 is 2.54 bits per heavy atom. The molecule has 24 heavy (non-hydrogen) atoms. The van der Waals surface area contributed by atoms with Gasteiger partial charge in [0.15, 0.2) is 0 Å². The highest BCUT2D eigenvalue weighted by atomic mass is 16.1. The van der Waals surface area contributed by atoms with Crippen molar-refractivity contribution in [3.63, 3.8) is 0 Å². The number of nitrogens with two attached hydrogens (primary N) is 1. The van der Waals surface area contributed by atoms with E-state index in [2.05, 4.69) is 9.97 Å². The van der Waals surface area contributed by atoms with Gasteiger partial charge in [0, 0.05) is 29.4 Å². The number of nitrogens with zero attached hydrogens (tertiary/aromatic N) is 3. The van der Waals surface area contributed by atoms with Gasteiger partial charge in [0.1, 0.15) is 5.82 Å². The van der Waals surface area contributed by atoms with Crippen LogP contribution in [0.3, 0.4) is 0 Å². The first-order valence-electron chi connectivity index (χ1n) is 7.88. The van der Waals surface area contributed by atoms with Crippen molar-refractivity contribution < 1.29 is 0 Å². The van der Waals surface area contributed by atoms with Crippen LogP contribution in [0.15, 0.2) is 53.6 Å². The van der Waals surface area contributed by atoms with Gasteiger partial charge in [-0.2, -0.15) is 0 Å². The lowest BCUT2D eigenvalue weighted by molar-refractivity contribution is 0.579. The van der Waals surface area contributed by atoms with Crippen molar-refractivity contribution >= 4 is 5.82 Å². The van der Waals surface area contributed by atoms with E-state index in [0.29, 0.717) is 11.5 Å². The predicted molar refractivity (Wildman–Crippen MR) is 96.7 cm³/mol. The average Bonchev–Trinajstić information content (AvgIpc) is 2.55. The zero-order valence-corrected chi connectivity index (χ0v) is 14.0. The third-order valence-electron chi connectivity index (χ3n) is 3.96. The van der Waals surface area contributed by atoms with Crippen LogP contribution < -0.4 is 11.3 Å². The van der Waals surface area contributed by atoms with Gasteiger partial charge in [-0.15, -0.1) is 0 Å². The maximum Gasteiger partial charge on any atom is 0.250 e. The number of anilines is 1. The summed E-state index contributed by atoms with van der Waals surface area (Å²) in [4.78, 5) is 21.0. The molecule has 2 heterocycles. The lowest BCUT2D eigenvalue weighted by Gasteiger charge is -2.14. The van der Waals surface area contributed by atoms with Crippen molar-refractivity contribution in [2.24, 2.45) is 0 Å². The molecule has 0 saturated carbocycles. The normalized spacial score (nSPS) is 11.0. The minimum Gasteiger partial charge on any atom is -0.382 e. The topological polar surface area (TPSA) is 73.8 Å². The molecule has 0 unspecified atom stereocenters. The smallest absolute Gasteiger partial charge is 0.250 e. The van der Waals surface area contributed by atoms with Crippen LogP contribution in [0.1, 0.15) is 25.5 Å². The molecule has 3 aromatic rings. The average molecular weight is 320 g/mol. The first-order chi connectivity index (χ1) is 11.5. The van der Waals surface area contributed by atoms with Crippen LogP contribution in [0.5, 0.6) is 0 Å². The summed E-state index contributed by atoms with van der Waals surface area (Å²) in [7, 11) is 0. The van der Waals surface area contributed by atoms with E-state index in [0.717, 1.165) is 22.4 Å². The maximum absolute atomic E-state index is 12.0. The van der Waals surface area contributed by atoms with E-state index in [4.69, 9.17) is 5.73 Å². The van der Waals surface area contributed by atoms with E-state index in [1.807, 2.05) is 51.2 Å². The van der Waals surface area contributed by atoms with Crippen LogP contribution in [0, 0.1) is 6.92 Å². The summed E-state index contributed by atoms with van der Waals surface area (Å²) in [5.41, 5.74) is 10.2. The summed E-state index contributed by atoms with van der Waals surface area (Å²) < 4.78 is 1.69. The fraction of sp³-hybridized carbons (Fsp3) is 0.211. The predicted octanol–water partition coefficient (Wildman–Crippen LogP) is 3.44. The van der Waals surface area contributed by atoms with Gasteiger partial charge in [0.2, 0.25) is 0 Å². The van der Waals surface area contributed by atoms with Crippen LogP contribution in [-0.4, -0.2) is 14.5 Å². The van der Waals surface area contributed by atoms with Crippen LogP contribution in [0.2, 0.25) is 0 Å². The fourth-order valence-electron chi connectivity index (χ4n) is 2.69. The molecule has 2 N–H and O–H groups in total. The van der Waals surface area contributed by atoms with Crippen LogP contribution in [-0.2, 0) is 0 Å². The summed E-state index contributed by atoms with van der Waals surface area (Å²) in [5.74, 6) is 0.370. The lowest BCUT2D eigenvalue weighted by Crippen LogP contribution is -2.20. The van der Waals surface area contributed by atoms with Crippen LogP contribution >= 0.6 is 0 Å². The Morgan fingerprint density at radius 1 is 1.08 bits per heavy atom. The van der Waals surface area contributed by atoms with Crippen molar-refractivity contribution in [3.05, 3.63) is 64.7 Å². The summed E-state index contributed by atoms with van der Waals surface area (Å²) in [6.07, 6.45) is 3.37. The Morgan fingerprint density at radius 2 is 1.83 bits per heavy atom. The molecule has 2 aromatic heterocycles. The third-order valence-corrected chi connectivity index (χ3v) is 3.96. The van der Waals surface area contributed by atoms with E-state index in [9.17, 15) is 4.79 Å². The zero-order valence-electron chi connectivity index (χ0n) is 14.0. The molecular formula is C19H20N4O. The third kappa shape index (κ3) is 2.93. The van der Waals surface area contributed by atoms with Crippen molar-refractivity contribution in [1.82, 2.24) is 14.5 Å². The van der Waals surface area contributed by atoms with Crippen molar-refractivity contribution in [2.45, 2.75) is 26.8 Å². The monoisotopic (exact) mass is 320 g/mol. The summed E-state index contributed by atoms with van der Waals surface area (Å²) >= 11 is 0. The number of benzene rings is 1. The molecule has 0 saturated heterocycles. The molecule has 0 amide bonds. The Kier molecular flexibility index (Phi) is 4.16. The van der Waals surface area contributed by atoms with Gasteiger partial charge < -0.3 is 10.3 Å². The summed E-state index contributed by atoms with van der Waals surface area (Å²) in [5, 5.41) is 0. The molecule has 122 valence electrons. The quantitative estimate of drug-likeness (QED) is 0.802. The SMILES string of the molecule is Cc1ccccc1-c1nc(N)cnc1-c1ccc(=O)n(C(C)C)c1. The van der Waals surface area contributed by atoms with E-state index >= 15 is 0 Å². The Labute approximate surface area is 140 Å². The lowest BCUT2D eigenvalue weighted by atomic mass is 10.0. The minimum absolute atomic E-state index is 0.0328. The standard InChI is InChI=1S/C19H20N4O/c1-12(2)23-11-14(8-9-17(23)24)18-19(22-16(20)10-21-18)15-7-5-4-6-13(15)3/h4-12H,1-3H3,(H2,20,22). The van der Waals surface area contributed by atoms with E-state index in [1.54, 1.807) is 22.9 Å². The molecule has 0 fully saturated rings. The largest absolute Gasteiger partial charge is 0.382 e. The second kappa shape index (κ2) is 6.28. The minimum atomic E-state index is -0.0328. The molecule has 3 rings (SSSR count). The van der Waals surface area contributed by atoms with E-state index < -0.39 is 0 Å². The molecule has 0 bridgehead atoms. The van der Waals surface area contributed by atoms with Crippen LogP contribution in [0.25, 0.3) is 22.5 Å². The molecule has 0 atom stereocenters. The molecule has 0 aliphatic heterocycles. The molecule has 0 radical (unpaired) electrons. The molecule has 5 heteroatoms. The van der Waals surface area contributed by atoms with Crippen molar-refractivity contribution in [2.75, 3.05) is 5.73 Å². The highest BCUT2D eigenvalue weighted by molar-refractivity contribution is 5.79. The second-order valence-corrected chi connectivity index (χ2v) is 6.06. The maximum atomic E-state index is 12.0. The molecule has 0 spiro atoms. The Balaban J connectivity index is 2.25. The second-order valence-electron chi connectivity index (χ2n) is 6.06. The van der Waals surface area contributed by atoms with Gasteiger partial charge in [-0.05, 0) is 32.4 Å². The van der Waals surface area contributed by atoms with E-state index in [-0.39, 0.29) is 11.6 Å². The Hall–Kier alpha value is -2.95. The first-order valence-corrected chi connectivity index (χ1v) is 7.88. The molecule has 1 aromatic carbocycles. The molecule has 0 aliphatic carbocycles. The van der Waals surface area contributed by atoms with Gasteiger partial charge in [0.25, 0.3) is 5.56 Å². The van der Waals surface area contributed by atoms with Gasteiger partial charge >= 0.3 is 0 Å². The van der Waals surface area contributed by atoms with Gasteiger partial charge in [0.05, 0.1) is 17.6 Å². The van der Waals surface area contributed by atoms with E-state index in [1.165, 1.54) is 0 Å². The number of hydrogen-bond donors (Lipinski definition) is 1. The number of aromatic nitrogens is 3. The number of rotatable bonds is 3. The molecular weight excluding hydrogens is 300 g/mol. The summed E-state index contributed by atoms with van der Waals surface area (Å²) in [6.45, 7) is 5.98. The Bertz CT molecular complexity index is 944. The van der Waals surface area contributed by atoms with Gasteiger partial charge in [-0.3, -0.25) is 9.78 Å². The summed E-state index contributed by atoms with van der Waals surface area (Å²) in [6, 6.07) is 11.4. The molecule has 5 nitrogen and oxygen atoms in total. The van der Waals surface area contributed by atoms with Gasteiger partial charge in [-0.1, -0.05) is 24.3 Å². The number of aryl methyl sites for hydroxylation is 1. The highest BCUT2D eigenvalue weighted by Crippen LogP contribution is 2.31. The highest BCUT2D eigenvalue weighted by Gasteiger charge is 2.14. The van der Waals surface area contributed by atoms with Gasteiger partial charge in [-0.25, -0.2) is 4.98 Å². The fourth-order valence-corrected chi connectivity index (χ4v) is 2.69. The van der Waals surface area contributed by atoms with Crippen LogP contribution in [0.4, 0.5) is 5.82 Å². The number of nitrogen functional groups attached to an aromatic ring is 1. The number of pyridine rings is 1. The molecule has 0 aliphatic rings. The van der Waals surface area contributed by atoms with Crippen molar-refractivity contribution in [3.8, 4) is 22.5 Å². The number of hydrogen-bond acceptors (Lipinski definition) is 4. The van der Waals surface area contributed by atoms with Crippen molar-refractivity contribution in [1.29, 1.82) is 0 Å². The first kappa shape index (κ1) is 15.9. The zero-order chi connectivity index (χ0) is 17.3.